The average Bonchev–Trinajstić information content (AvgIpc) is 3.49. The molecule has 1 unspecified atom stereocenters. The number of hydrogen-bond acceptors (Lipinski definition) is 6. The molecule has 2 saturated heterocycles. The summed E-state index contributed by atoms with van der Waals surface area (Å²) in [7, 11) is 0. The quantitative estimate of drug-likeness (QED) is 0.647. The number of anilines is 1. The molecule has 3 aliphatic rings. The third kappa shape index (κ3) is 4.47. The second-order valence-electron chi connectivity index (χ2n) is 8.89. The van der Waals surface area contributed by atoms with Gasteiger partial charge in [-0.3, -0.25) is 9.69 Å². The Bertz CT molecular complexity index is 957. The maximum atomic E-state index is 13.3. The first-order valence-electron chi connectivity index (χ1n) is 11.6. The molecular formula is C24H30ClN5OS. The number of hydrogen-bond donors (Lipinski definition) is 0. The third-order valence-corrected chi connectivity index (χ3v) is 8.39. The molecule has 6 nitrogen and oxygen atoms in total. The van der Waals surface area contributed by atoms with Crippen molar-refractivity contribution in [3.05, 3.63) is 52.4 Å². The number of piperazine rings is 1. The summed E-state index contributed by atoms with van der Waals surface area (Å²) in [6.45, 7) is 7.48. The second-order valence-corrected chi connectivity index (χ2v) is 10.7. The molecule has 8 heteroatoms. The summed E-state index contributed by atoms with van der Waals surface area (Å²) in [5.74, 6) is 2.27. The number of amides is 1. The number of likely N-dealkylation sites (tertiary alicyclic amines) is 1. The Kier molecular flexibility index (Phi) is 6.58. The lowest BCUT2D eigenvalue weighted by Crippen LogP contribution is -2.50. The van der Waals surface area contributed by atoms with Gasteiger partial charge in [0.15, 0.2) is 0 Å². The van der Waals surface area contributed by atoms with Crippen molar-refractivity contribution in [2.24, 2.45) is 0 Å². The number of carbonyl (C=O) groups excluding carboxylic acids is 1. The maximum Gasteiger partial charge on any atom is 0.224 e. The van der Waals surface area contributed by atoms with Crippen LogP contribution >= 0.6 is 23.4 Å². The van der Waals surface area contributed by atoms with E-state index >= 15 is 0 Å². The van der Waals surface area contributed by atoms with Crippen LogP contribution in [0.25, 0.3) is 0 Å². The third-order valence-electron chi connectivity index (χ3n) is 6.96. The Morgan fingerprint density at radius 1 is 1.09 bits per heavy atom. The number of carbonyl (C=O) groups is 1. The largest absolute Gasteiger partial charge is 0.353 e. The highest BCUT2D eigenvalue weighted by molar-refractivity contribution is 7.99. The summed E-state index contributed by atoms with van der Waals surface area (Å²) in [6.07, 6.45) is 4.63. The number of aromatic nitrogens is 2. The number of halogens is 1. The number of benzene rings is 1. The zero-order valence-corrected chi connectivity index (χ0v) is 20.1. The predicted octanol–water partition coefficient (Wildman–Crippen LogP) is 4.31. The molecule has 32 heavy (non-hydrogen) atoms. The Morgan fingerprint density at radius 2 is 1.81 bits per heavy atom. The molecule has 4 heterocycles. The molecule has 0 spiro atoms. The molecule has 5 rings (SSSR count). The highest BCUT2D eigenvalue weighted by Gasteiger charge is 2.32. The molecule has 0 N–H and O–H groups in total. The van der Waals surface area contributed by atoms with Gasteiger partial charge in [0, 0.05) is 60.2 Å². The van der Waals surface area contributed by atoms with E-state index in [0.717, 1.165) is 55.9 Å². The van der Waals surface area contributed by atoms with E-state index in [1.165, 1.54) is 29.7 Å². The zero-order chi connectivity index (χ0) is 22.1. The van der Waals surface area contributed by atoms with Gasteiger partial charge in [-0.05, 0) is 50.6 Å². The zero-order valence-electron chi connectivity index (χ0n) is 18.5. The van der Waals surface area contributed by atoms with E-state index in [4.69, 9.17) is 11.6 Å². The first-order chi connectivity index (χ1) is 15.6. The van der Waals surface area contributed by atoms with Crippen LogP contribution in [0.5, 0.6) is 0 Å². The van der Waals surface area contributed by atoms with Crippen molar-refractivity contribution >= 4 is 35.1 Å². The molecule has 2 aromatic rings. The Labute approximate surface area is 199 Å². The van der Waals surface area contributed by atoms with E-state index in [-0.39, 0.29) is 11.9 Å². The topological polar surface area (TPSA) is 52.6 Å². The van der Waals surface area contributed by atoms with Gasteiger partial charge in [-0.1, -0.05) is 23.7 Å². The molecule has 0 radical (unpaired) electrons. The summed E-state index contributed by atoms with van der Waals surface area (Å²) in [6, 6.07) is 8.14. The SMILES string of the molecule is C[C@H]1SCc2ncnc(N3CCN(C(=O)CC(c4ccc(Cl)cc4)N4CCCC4)CC3)c21. The van der Waals surface area contributed by atoms with Crippen LogP contribution in [0.15, 0.2) is 30.6 Å². The fraction of sp³-hybridized carbons (Fsp3) is 0.542. The number of thioether (sulfide) groups is 1. The van der Waals surface area contributed by atoms with Gasteiger partial charge in [-0.25, -0.2) is 9.97 Å². The van der Waals surface area contributed by atoms with Gasteiger partial charge in [-0.15, -0.1) is 11.8 Å². The van der Waals surface area contributed by atoms with Crippen LogP contribution in [0, 0.1) is 0 Å². The van der Waals surface area contributed by atoms with Crippen LogP contribution in [-0.4, -0.2) is 64.9 Å². The lowest BCUT2D eigenvalue weighted by atomic mass is 10.0. The standard InChI is InChI=1S/C24H30ClN5OS/c1-17-23-20(15-32-17)26-16-27-24(23)30-12-10-29(11-13-30)22(31)14-21(28-8-2-3-9-28)18-4-6-19(25)7-5-18/h4-7,16-17,21H,2-3,8-15H2,1H3/t17-,21?/m1/s1. The van der Waals surface area contributed by atoms with Crippen molar-refractivity contribution in [1.29, 1.82) is 0 Å². The fourth-order valence-electron chi connectivity index (χ4n) is 5.15. The van der Waals surface area contributed by atoms with Gasteiger partial charge in [0.1, 0.15) is 12.1 Å². The maximum absolute atomic E-state index is 13.3. The first kappa shape index (κ1) is 22.0. The molecule has 0 saturated carbocycles. The predicted molar refractivity (Wildman–Crippen MR) is 130 cm³/mol. The monoisotopic (exact) mass is 471 g/mol. The molecule has 0 aliphatic carbocycles. The van der Waals surface area contributed by atoms with E-state index in [2.05, 4.69) is 38.8 Å². The van der Waals surface area contributed by atoms with Crippen LogP contribution in [0.3, 0.4) is 0 Å². The summed E-state index contributed by atoms with van der Waals surface area (Å²) >= 11 is 8.03. The molecule has 3 aliphatic heterocycles. The number of nitrogens with zero attached hydrogens (tertiary/aromatic N) is 5. The second kappa shape index (κ2) is 9.57. The summed E-state index contributed by atoms with van der Waals surface area (Å²) in [5, 5.41) is 1.17. The van der Waals surface area contributed by atoms with E-state index in [1.54, 1.807) is 6.33 Å². The van der Waals surface area contributed by atoms with Gasteiger partial charge < -0.3 is 9.80 Å². The summed E-state index contributed by atoms with van der Waals surface area (Å²) in [4.78, 5) is 29.2. The van der Waals surface area contributed by atoms with Crippen LogP contribution in [0.2, 0.25) is 5.02 Å². The summed E-state index contributed by atoms with van der Waals surface area (Å²) < 4.78 is 0. The minimum atomic E-state index is 0.128. The van der Waals surface area contributed by atoms with Crippen molar-refractivity contribution in [3.8, 4) is 0 Å². The van der Waals surface area contributed by atoms with Crippen molar-refractivity contribution < 1.29 is 4.79 Å². The Balaban J connectivity index is 1.25. The number of fused-ring (bicyclic) bond motifs is 1. The fourth-order valence-corrected chi connectivity index (χ4v) is 6.32. The van der Waals surface area contributed by atoms with E-state index < -0.39 is 0 Å². The smallest absolute Gasteiger partial charge is 0.224 e. The van der Waals surface area contributed by atoms with E-state index in [0.29, 0.717) is 11.7 Å². The van der Waals surface area contributed by atoms with Gasteiger partial charge >= 0.3 is 0 Å². The van der Waals surface area contributed by atoms with Gasteiger partial charge in [-0.2, -0.15) is 0 Å². The molecule has 1 aromatic carbocycles. The van der Waals surface area contributed by atoms with Crippen LogP contribution < -0.4 is 4.90 Å². The molecule has 2 atom stereocenters. The van der Waals surface area contributed by atoms with Gasteiger partial charge in [0.05, 0.1) is 5.69 Å². The van der Waals surface area contributed by atoms with E-state index in [1.807, 2.05) is 28.8 Å². The molecular weight excluding hydrogens is 442 g/mol. The highest BCUT2D eigenvalue weighted by atomic mass is 35.5. The first-order valence-corrected chi connectivity index (χ1v) is 13.0. The Hall–Kier alpha value is -1.83. The molecule has 1 aromatic heterocycles. The highest BCUT2D eigenvalue weighted by Crippen LogP contribution is 2.44. The lowest BCUT2D eigenvalue weighted by Gasteiger charge is -2.37. The molecule has 0 bridgehead atoms. The van der Waals surface area contributed by atoms with Crippen molar-refractivity contribution in [3.63, 3.8) is 0 Å². The van der Waals surface area contributed by atoms with Crippen LogP contribution in [-0.2, 0) is 10.5 Å². The van der Waals surface area contributed by atoms with Crippen molar-refractivity contribution in [2.45, 2.75) is 43.2 Å². The van der Waals surface area contributed by atoms with Crippen molar-refractivity contribution in [2.75, 3.05) is 44.2 Å². The Morgan fingerprint density at radius 3 is 2.53 bits per heavy atom. The minimum absolute atomic E-state index is 0.128. The molecule has 1 amide bonds. The van der Waals surface area contributed by atoms with Gasteiger partial charge in [0.2, 0.25) is 5.91 Å². The summed E-state index contributed by atoms with van der Waals surface area (Å²) in [5.41, 5.74) is 3.64. The van der Waals surface area contributed by atoms with Gasteiger partial charge in [0.25, 0.3) is 0 Å². The normalized spacial score (nSPS) is 22.2. The number of rotatable bonds is 5. The van der Waals surface area contributed by atoms with Crippen molar-refractivity contribution in [1.82, 2.24) is 19.8 Å². The lowest BCUT2D eigenvalue weighted by molar-refractivity contribution is -0.132. The van der Waals surface area contributed by atoms with Crippen LogP contribution in [0.4, 0.5) is 5.82 Å². The minimum Gasteiger partial charge on any atom is -0.353 e. The average molecular weight is 472 g/mol. The molecule has 2 fully saturated rings. The van der Waals surface area contributed by atoms with E-state index in [9.17, 15) is 4.79 Å². The van der Waals surface area contributed by atoms with Crippen LogP contribution in [0.1, 0.15) is 54.3 Å². The molecule has 170 valence electrons.